The van der Waals surface area contributed by atoms with E-state index in [1.165, 1.54) is 6.08 Å². The van der Waals surface area contributed by atoms with E-state index in [1.807, 2.05) is 6.08 Å². The fourth-order valence-corrected chi connectivity index (χ4v) is 2.18. The molecule has 0 bridgehead atoms. The van der Waals surface area contributed by atoms with Crippen LogP contribution in [0.5, 0.6) is 11.5 Å². The van der Waals surface area contributed by atoms with Crippen LogP contribution in [0.25, 0.3) is 0 Å². The van der Waals surface area contributed by atoms with Gasteiger partial charge in [-0.2, -0.15) is 0 Å². The van der Waals surface area contributed by atoms with Crippen LogP contribution >= 0.6 is 0 Å². The lowest BCUT2D eigenvalue weighted by molar-refractivity contribution is 0.0800. The largest absolute Gasteiger partial charge is 0.469 e. The molecule has 0 unspecified atom stereocenters. The summed E-state index contributed by atoms with van der Waals surface area (Å²) in [5.41, 5.74) is 1.34. The quantitative estimate of drug-likeness (QED) is 0.475. The molecular weight excluding hydrogens is 296 g/mol. The van der Waals surface area contributed by atoms with Crippen LogP contribution in [-0.2, 0) is 9.47 Å². The van der Waals surface area contributed by atoms with Crippen LogP contribution in [0.2, 0.25) is 0 Å². The third-order valence-corrected chi connectivity index (χ3v) is 3.29. The molecule has 1 aromatic rings. The van der Waals surface area contributed by atoms with E-state index in [1.54, 1.807) is 36.4 Å². The van der Waals surface area contributed by atoms with Gasteiger partial charge in [0.25, 0.3) is 0 Å². The molecule has 0 radical (unpaired) electrons. The lowest BCUT2D eigenvalue weighted by atomic mass is 10.1. The maximum absolute atomic E-state index is 12.3. The Morgan fingerprint density at radius 2 is 1.96 bits per heavy atom. The van der Waals surface area contributed by atoms with Gasteiger partial charge in [-0.15, -0.1) is 0 Å². The topological polar surface area (TPSA) is 54.0 Å². The van der Waals surface area contributed by atoms with Crippen molar-refractivity contribution in [3.8, 4) is 11.5 Å². The van der Waals surface area contributed by atoms with Crippen LogP contribution in [0.15, 0.2) is 66.5 Å². The number of ketones is 1. The van der Waals surface area contributed by atoms with Crippen LogP contribution in [0.1, 0.15) is 10.4 Å². The molecule has 0 atom stereocenters. The molecule has 3 rings (SSSR count). The van der Waals surface area contributed by atoms with E-state index in [9.17, 15) is 4.79 Å². The minimum Gasteiger partial charge on any atom is -0.469 e. The summed E-state index contributed by atoms with van der Waals surface area (Å²) in [6.45, 7) is 4.54. The molecule has 2 aliphatic rings. The first-order valence-electron chi connectivity index (χ1n) is 7.12. The Bertz CT molecular complexity index is 704. The minimum atomic E-state index is -0.125. The molecule has 5 heteroatoms. The van der Waals surface area contributed by atoms with Crippen molar-refractivity contribution in [2.24, 2.45) is 0 Å². The first-order chi connectivity index (χ1) is 11.3. The number of carbonyl (C=O) groups excluding carboxylic acids is 1. The molecule has 1 saturated heterocycles. The van der Waals surface area contributed by atoms with Gasteiger partial charge in [0.05, 0.1) is 0 Å². The first kappa shape index (κ1) is 15.1. The summed E-state index contributed by atoms with van der Waals surface area (Å²) in [6.07, 6.45) is 8.47. The minimum absolute atomic E-state index is 0.125. The average molecular weight is 312 g/mol. The maximum Gasteiger partial charge on any atom is 0.231 e. The van der Waals surface area contributed by atoms with Crippen LogP contribution < -0.4 is 9.47 Å². The fraction of sp³-hybridized carbons (Fsp3) is 0.167. The normalized spacial score (nSPS) is 18.4. The predicted octanol–water partition coefficient (Wildman–Crippen LogP) is 3.15. The molecule has 0 amide bonds. The summed E-state index contributed by atoms with van der Waals surface area (Å²) >= 11 is 0. The predicted molar refractivity (Wildman–Crippen MR) is 84.3 cm³/mol. The molecule has 0 saturated carbocycles. The number of hydrogen-bond acceptors (Lipinski definition) is 5. The number of benzene rings is 1. The standard InChI is InChI=1S/C18H16O5/c1-2-3-13(8-15-10-20-11-21-15)4-6-16(19)14-5-7-17-18(9-14)23-12-22-17/h2-9H,1,10-12H2/b6-4+,13-3-,15-8+. The molecule has 0 aromatic heterocycles. The van der Waals surface area contributed by atoms with Crippen molar-refractivity contribution in [2.75, 3.05) is 20.2 Å². The van der Waals surface area contributed by atoms with E-state index in [0.29, 0.717) is 23.7 Å². The molecule has 118 valence electrons. The molecule has 1 fully saturated rings. The van der Waals surface area contributed by atoms with E-state index < -0.39 is 0 Å². The van der Waals surface area contributed by atoms with Gasteiger partial charge in [0, 0.05) is 5.56 Å². The van der Waals surface area contributed by atoms with Gasteiger partial charge in [0.2, 0.25) is 6.79 Å². The Kier molecular flexibility index (Phi) is 4.59. The van der Waals surface area contributed by atoms with Crippen molar-refractivity contribution in [2.45, 2.75) is 0 Å². The van der Waals surface area contributed by atoms with Gasteiger partial charge in [-0.25, -0.2) is 0 Å². The molecule has 0 aliphatic carbocycles. The van der Waals surface area contributed by atoms with Crippen molar-refractivity contribution in [1.82, 2.24) is 0 Å². The smallest absolute Gasteiger partial charge is 0.231 e. The summed E-state index contributed by atoms with van der Waals surface area (Å²) < 4.78 is 20.9. The second-order valence-electron chi connectivity index (χ2n) is 4.89. The number of hydrogen-bond donors (Lipinski definition) is 0. The Morgan fingerprint density at radius 3 is 2.74 bits per heavy atom. The van der Waals surface area contributed by atoms with Crippen molar-refractivity contribution in [3.63, 3.8) is 0 Å². The summed E-state index contributed by atoms with van der Waals surface area (Å²) in [4.78, 5) is 12.3. The first-order valence-corrected chi connectivity index (χ1v) is 7.12. The number of carbonyl (C=O) groups is 1. The van der Waals surface area contributed by atoms with Crippen molar-refractivity contribution < 1.29 is 23.7 Å². The highest BCUT2D eigenvalue weighted by Gasteiger charge is 2.15. The fourth-order valence-electron chi connectivity index (χ4n) is 2.18. The molecule has 0 spiro atoms. The number of rotatable bonds is 5. The summed E-state index contributed by atoms with van der Waals surface area (Å²) in [7, 11) is 0. The average Bonchev–Trinajstić information content (AvgIpc) is 3.23. The Balaban J connectivity index is 1.74. The maximum atomic E-state index is 12.3. The highest BCUT2D eigenvalue weighted by Crippen LogP contribution is 2.32. The van der Waals surface area contributed by atoms with E-state index >= 15 is 0 Å². The molecule has 2 aliphatic heterocycles. The van der Waals surface area contributed by atoms with Crippen LogP contribution in [0.4, 0.5) is 0 Å². The van der Waals surface area contributed by atoms with Crippen molar-refractivity contribution in [1.29, 1.82) is 0 Å². The zero-order valence-electron chi connectivity index (χ0n) is 12.5. The number of allylic oxidation sites excluding steroid dienone is 6. The summed E-state index contributed by atoms with van der Waals surface area (Å²) in [5, 5.41) is 0. The van der Waals surface area contributed by atoms with Gasteiger partial charge in [0.15, 0.2) is 24.1 Å². The van der Waals surface area contributed by atoms with Crippen LogP contribution in [-0.4, -0.2) is 26.0 Å². The summed E-state index contributed by atoms with van der Waals surface area (Å²) in [6, 6.07) is 5.12. The van der Waals surface area contributed by atoms with Gasteiger partial charge in [0.1, 0.15) is 12.4 Å². The van der Waals surface area contributed by atoms with Gasteiger partial charge in [-0.3, -0.25) is 4.79 Å². The van der Waals surface area contributed by atoms with E-state index in [-0.39, 0.29) is 19.4 Å². The third kappa shape index (κ3) is 3.70. The SMILES string of the molecule is C=C/C=C(/C=C/C(=O)c1ccc2c(c1)OCO2)\C=C1/COCO1. The monoisotopic (exact) mass is 312 g/mol. The van der Waals surface area contributed by atoms with Crippen LogP contribution in [0.3, 0.4) is 0 Å². The van der Waals surface area contributed by atoms with Crippen molar-refractivity contribution >= 4 is 5.78 Å². The zero-order valence-corrected chi connectivity index (χ0v) is 12.5. The highest BCUT2D eigenvalue weighted by atomic mass is 16.7. The van der Waals surface area contributed by atoms with Gasteiger partial charge in [-0.1, -0.05) is 24.8 Å². The second-order valence-corrected chi connectivity index (χ2v) is 4.89. The Labute approximate surface area is 134 Å². The number of fused-ring (bicyclic) bond motifs is 1. The van der Waals surface area contributed by atoms with Gasteiger partial charge in [-0.05, 0) is 35.9 Å². The molecular formula is C18H16O5. The summed E-state index contributed by atoms with van der Waals surface area (Å²) in [5.74, 6) is 1.84. The van der Waals surface area contributed by atoms with Crippen molar-refractivity contribution in [3.05, 3.63) is 72.1 Å². The van der Waals surface area contributed by atoms with Gasteiger partial charge >= 0.3 is 0 Å². The second kappa shape index (κ2) is 6.98. The molecule has 0 N–H and O–H groups in total. The lowest BCUT2D eigenvalue weighted by Crippen LogP contribution is -1.95. The van der Waals surface area contributed by atoms with E-state index in [4.69, 9.17) is 18.9 Å². The molecule has 1 aromatic carbocycles. The Morgan fingerprint density at radius 1 is 1.09 bits per heavy atom. The third-order valence-electron chi connectivity index (χ3n) is 3.29. The van der Waals surface area contributed by atoms with Crippen LogP contribution in [0, 0.1) is 0 Å². The van der Waals surface area contributed by atoms with E-state index in [0.717, 1.165) is 11.3 Å². The number of ether oxygens (including phenoxy) is 4. The molecule has 2 heterocycles. The van der Waals surface area contributed by atoms with E-state index in [2.05, 4.69) is 6.58 Å². The van der Waals surface area contributed by atoms with Gasteiger partial charge < -0.3 is 18.9 Å². The molecule has 5 nitrogen and oxygen atoms in total. The lowest BCUT2D eigenvalue weighted by Gasteiger charge is -2.00. The Hall–Kier alpha value is -2.79. The zero-order chi connectivity index (χ0) is 16.1. The molecule has 23 heavy (non-hydrogen) atoms. The highest BCUT2D eigenvalue weighted by molar-refractivity contribution is 6.05.